The van der Waals surface area contributed by atoms with Crippen LogP contribution >= 0.6 is 0 Å². The molecule has 0 aromatic carbocycles. The van der Waals surface area contributed by atoms with Crippen LogP contribution in [0.15, 0.2) is 4.52 Å². The van der Waals surface area contributed by atoms with Gasteiger partial charge in [0.2, 0.25) is 5.91 Å². The molecule has 6 nitrogen and oxygen atoms in total. The van der Waals surface area contributed by atoms with E-state index in [1.54, 1.807) is 0 Å². The monoisotopic (exact) mass is 293 g/mol. The van der Waals surface area contributed by atoms with E-state index in [0.717, 1.165) is 43.2 Å². The molecule has 2 fully saturated rings. The number of amides is 1. The molecule has 0 radical (unpaired) electrons. The molecular formula is C15H23N3O3. The molecule has 1 atom stereocenters. The molecule has 21 heavy (non-hydrogen) atoms. The Morgan fingerprint density at radius 3 is 2.76 bits per heavy atom. The quantitative estimate of drug-likeness (QED) is 0.813. The van der Waals surface area contributed by atoms with E-state index >= 15 is 0 Å². The first-order valence-electron chi connectivity index (χ1n) is 7.45. The first kappa shape index (κ1) is 14.5. The Morgan fingerprint density at radius 2 is 2.14 bits per heavy atom. The molecule has 2 aliphatic heterocycles. The standard InChI is InChI=1S/C15H23N3O3/c1-11-13(12(2)21-16-11)7-18-4-5-20-10-15(9-18)6-14(19)17(3)8-15/h4-10H2,1-3H3. The fourth-order valence-electron chi connectivity index (χ4n) is 3.47. The van der Waals surface area contributed by atoms with E-state index < -0.39 is 0 Å². The summed E-state index contributed by atoms with van der Waals surface area (Å²) in [4.78, 5) is 16.1. The van der Waals surface area contributed by atoms with Crippen LogP contribution < -0.4 is 0 Å². The predicted octanol–water partition coefficient (Wildman–Crippen LogP) is 0.972. The van der Waals surface area contributed by atoms with Gasteiger partial charge in [-0.15, -0.1) is 0 Å². The van der Waals surface area contributed by atoms with E-state index in [-0.39, 0.29) is 11.3 Å². The zero-order chi connectivity index (χ0) is 15.0. The van der Waals surface area contributed by atoms with Gasteiger partial charge in [0.1, 0.15) is 5.76 Å². The summed E-state index contributed by atoms with van der Waals surface area (Å²) < 4.78 is 11.0. The van der Waals surface area contributed by atoms with Crippen LogP contribution in [0.25, 0.3) is 0 Å². The van der Waals surface area contributed by atoms with Crippen LogP contribution in [-0.2, 0) is 16.1 Å². The molecule has 6 heteroatoms. The molecule has 3 rings (SSSR count). The van der Waals surface area contributed by atoms with E-state index in [1.165, 1.54) is 0 Å². The molecule has 0 saturated carbocycles. The zero-order valence-electron chi connectivity index (χ0n) is 13.0. The fraction of sp³-hybridized carbons (Fsp3) is 0.733. The highest BCUT2D eigenvalue weighted by Gasteiger charge is 2.44. The number of hydrogen-bond acceptors (Lipinski definition) is 5. The molecule has 2 saturated heterocycles. The molecule has 116 valence electrons. The molecule has 3 heterocycles. The summed E-state index contributed by atoms with van der Waals surface area (Å²) in [7, 11) is 1.88. The van der Waals surface area contributed by atoms with Gasteiger partial charge in [-0.25, -0.2) is 0 Å². The smallest absolute Gasteiger partial charge is 0.223 e. The number of aromatic nitrogens is 1. The van der Waals surface area contributed by atoms with Crippen LogP contribution in [0.1, 0.15) is 23.4 Å². The molecule has 1 spiro atoms. The molecule has 1 unspecified atom stereocenters. The van der Waals surface area contributed by atoms with E-state index in [2.05, 4.69) is 10.1 Å². The van der Waals surface area contributed by atoms with Crippen LogP contribution in [-0.4, -0.2) is 60.8 Å². The Kier molecular flexibility index (Phi) is 3.75. The van der Waals surface area contributed by atoms with Crippen molar-refractivity contribution < 1.29 is 14.1 Å². The van der Waals surface area contributed by atoms with Crippen molar-refractivity contribution in [2.75, 3.05) is 39.9 Å². The highest BCUT2D eigenvalue weighted by Crippen LogP contribution is 2.34. The lowest BCUT2D eigenvalue weighted by Crippen LogP contribution is -2.40. The number of ether oxygens (including phenoxy) is 1. The van der Waals surface area contributed by atoms with Gasteiger partial charge in [0.25, 0.3) is 0 Å². The van der Waals surface area contributed by atoms with Crippen molar-refractivity contribution >= 4 is 5.91 Å². The van der Waals surface area contributed by atoms with Crippen LogP contribution in [0.3, 0.4) is 0 Å². The average molecular weight is 293 g/mol. The molecule has 0 aliphatic carbocycles. The Labute approximate surface area is 125 Å². The molecule has 1 aromatic rings. The Balaban J connectivity index is 1.75. The van der Waals surface area contributed by atoms with E-state index in [4.69, 9.17) is 9.26 Å². The second-order valence-electron chi connectivity index (χ2n) is 6.49. The average Bonchev–Trinajstić information content (AvgIpc) is 2.80. The number of rotatable bonds is 2. The normalized spacial score (nSPS) is 27.6. The van der Waals surface area contributed by atoms with Gasteiger partial charge in [-0.05, 0) is 13.8 Å². The van der Waals surface area contributed by atoms with Crippen LogP contribution in [0.5, 0.6) is 0 Å². The highest BCUT2D eigenvalue weighted by atomic mass is 16.5. The van der Waals surface area contributed by atoms with Crippen molar-refractivity contribution in [1.29, 1.82) is 0 Å². The Morgan fingerprint density at radius 1 is 1.33 bits per heavy atom. The van der Waals surface area contributed by atoms with Crippen LogP contribution in [0.2, 0.25) is 0 Å². The van der Waals surface area contributed by atoms with Gasteiger partial charge in [-0.1, -0.05) is 5.16 Å². The number of nitrogens with zero attached hydrogens (tertiary/aromatic N) is 3. The summed E-state index contributed by atoms with van der Waals surface area (Å²) >= 11 is 0. The van der Waals surface area contributed by atoms with Gasteiger partial charge in [0, 0.05) is 50.6 Å². The molecule has 0 bridgehead atoms. The summed E-state index contributed by atoms with van der Waals surface area (Å²) in [5.74, 6) is 1.10. The van der Waals surface area contributed by atoms with Crippen LogP contribution in [0.4, 0.5) is 0 Å². The first-order valence-corrected chi connectivity index (χ1v) is 7.45. The maximum Gasteiger partial charge on any atom is 0.223 e. The lowest BCUT2D eigenvalue weighted by atomic mass is 9.87. The summed E-state index contributed by atoms with van der Waals surface area (Å²) in [6, 6.07) is 0. The highest BCUT2D eigenvalue weighted by molar-refractivity contribution is 5.79. The maximum absolute atomic E-state index is 11.9. The van der Waals surface area contributed by atoms with Crippen molar-refractivity contribution in [3.8, 4) is 0 Å². The lowest BCUT2D eigenvalue weighted by molar-refractivity contribution is -0.126. The third-order valence-electron chi connectivity index (χ3n) is 4.61. The number of likely N-dealkylation sites (tertiary alicyclic amines) is 1. The molecule has 0 N–H and O–H groups in total. The van der Waals surface area contributed by atoms with Crippen molar-refractivity contribution in [3.05, 3.63) is 17.0 Å². The van der Waals surface area contributed by atoms with E-state index in [9.17, 15) is 4.79 Å². The second kappa shape index (κ2) is 5.42. The van der Waals surface area contributed by atoms with Crippen molar-refractivity contribution in [1.82, 2.24) is 15.0 Å². The van der Waals surface area contributed by atoms with Crippen molar-refractivity contribution in [2.45, 2.75) is 26.8 Å². The zero-order valence-corrected chi connectivity index (χ0v) is 13.0. The number of aryl methyl sites for hydroxylation is 2. The minimum atomic E-state index is -0.0681. The maximum atomic E-state index is 11.9. The second-order valence-corrected chi connectivity index (χ2v) is 6.49. The van der Waals surface area contributed by atoms with Crippen molar-refractivity contribution in [3.63, 3.8) is 0 Å². The molecule has 1 aromatic heterocycles. The first-order chi connectivity index (χ1) is 9.99. The topological polar surface area (TPSA) is 58.8 Å². The fourth-order valence-corrected chi connectivity index (χ4v) is 3.47. The molecule has 1 amide bonds. The molecular weight excluding hydrogens is 270 g/mol. The summed E-state index contributed by atoms with van der Waals surface area (Å²) in [6.45, 7) is 8.66. The van der Waals surface area contributed by atoms with Gasteiger partial charge >= 0.3 is 0 Å². The third kappa shape index (κ3) is 2.82. The van der Waals surface area contributed by atoms with Gasteiger partial charge in [0.05, 0.1) is 18.9 Å². The predicted molar refractivity (Wildman–Crippen MR) is 76.8 cm³/mol. The Bertz CT molecular complexity index is 523. The number of hydrogen-bond donors (Lipinski definition) is 0. The lowest BCUT2D eigenvalue weighted by Gasteiger charge is -2.30. The summed E-state index contributed by atoms with van der Waals surface area (Å²) in [5.41, 5.74) is 2.04. The minimum absolute atomic E-state index is 0.0681. The van der Waals surface area contributed by atoms with Gasteiger partial charge in [-0.3, -0.25) is 9.69 Å². The van der Waals surface area contributed by atoms with Gasteiger partial charge < -0.3 is 14.2 Å². The summed E-state index contributed by atoms with van der Waals surface area (Å²) in [5, 5.41) is 4.02. The molecule has 2 aliphatic rings. The largest absolute Gasteiger partial charge is 0.379 e. The van der Waals surface area contributed by atoms with Gasteiger partial charge in [-0.2, -0.15) is 0 Å². The summed E-state index contributed by atoms with van der Waals surface area (Å²) in [6.07, 6.45) is 0.585. The van der Waals surface area contributed by atoms with E-state index in [0.29, 0.717) is 19.6 Å². The number of carbonyl (C=O) groups excluding carboxylic acids is 1. The van der Waals surface area contributed by atoms with Crippen molar-refractivity contribution in [2.24, 2.45) is 5.41 Å². The third-order valence-corrected chi connectivity index (χ3v) is 4.61. The minimum Gasteiger partial charge on any atom is -0.379 e. The SMILES string of the molecule is Cc1noc(C)c1CN1CCOCC2(CC(=O)N(C)C2)C1. The van der Waals surface area contributed by atoms with Gasteiger partial charge in [0.15, 0.2) is 0 Å². The Hall–Kier alpha value is -1.40. The van der Waals surface area contributed by atoms with E-state index in [1.807, 2.05) is 25.8 Å². The number of carbonyl (C=O) groups is 1. The van der Waals surface area contributed by atoms with Crippen LogP contribution in [0, 0.1) is 19.3 Å².